The van der Waals surface area contributed by atoms with E-state index >= 15 is 0 Å². The SMILES string of the molecule is C/C=C/[C@H]1c2ccccc2CCN1S(=O)(=O)c1ccccc1[N+](=O)[O-]. The van der Waals surface area contributed by atoms with Crippen LogP contribution < -0.4 is 0 Å². The van der Waals surface area contributed by atoms with Gasteiger partial charge in [-0.15, -0.1) is 0 Å². The van der Waals surface area contributed by atoms with Gasteiger partial charge in [0.2, 0.25) is 0 Å². The largest absolute Gasteiger partial charge is 0.289 e. The molecule has 0 saturated heterocycles. The Hall–Kier alpha value is -2.51. The van der Waals surface area contributed by atoms with Crippen molar-refractivity contribution in [3.8, 4) is 0 Å². The fourth-order valence-electron chi connectivity index (χ4n) is 3.18. The Kier molecular flexibility index (Phi) is 4.69. The maximum Gasteiger partial charge on any atom is 0.289 e. The van der Waals surface area contributed by atoms with Gasteiger partial charge in [0.05, 0.1) is 11.0 Å². The zero-order chi connectivity index (χ0) is 18.0. The molecule has 1 atom stereocenters. The van der Waals surface area contributed by atoms with Crippen molar-refractivity contribution in [1.82, 2.24) is 4.31 Å². The predicted octanol–water partition coefficient (Wildman–Crippen LogP) is 3.46. The van der Waals surface area contributed by atoms with Gasteiger partial charge < -0.3 is 0 Å². The van der Waals surface area contributed by atoms with Crippen molar-refractivity contribution < 1.29 is 13.3 Å². The molecule has 1 heterocycles. The number of nitrogens with zero attached hydrogens (tertiary/aromatic N) is 2. The Morgan fingerprint density at radius 1 is 1.16 bits per heavy atom. The number of allylic oxidation sites excluding steroid dienone is 1. The molecule has 0 radical (unpaired) electrons. The fourth-order valence-corrected chi connectivity index (χ4v) is 4.90. The van der Waals surface area contributed by atoms with Crippen LogP contribution >= 0.6 is 0 Å². The van der Waals surface area contributed by atoms with Gasteiger partial charge in [-0.3, -0.25) is 10.1 Å². The second kappa shape index (κ2) is 6.78. The molecule has 7 heteroatoms. The maximum absolute atomic E-state index is 13.2. The Balaban J connectivity index is 2.13. The lowest BCUT2D eigenvalue weighted by Crippen LogP contribution is -2.39. The molecule has 0 fully saturated rings. The molecule has 6 nitrogen and oxygen atoms in total. The number of hydrogen-bond donors (Lipinski definition) is 0. The van der Waals surface area contributed by atoms with E-state index in [1.807, 2.05) is 37.3 Å². The highest BCUT2D eigenvalue weighted by Gasteiger charge is 2.38. The third-order valence-corrected chi connectivity index (χ3v) is 6.24. The number of nitro groups is 1. The molecule has 1 aliphatic heterocycles. The average molecular weight is 358 g/mol. The lowest BCUT2D eigenvalue weighted by Gasteiger charge is -2.34. The Morgan fingerprint density at radius 3 is 2.56 bits per heavy atom. The van der Waals surface area contributed by atoms with Gasteiger partial charge in [-0.25, -0.2) is 8.42 Å². The van der Waals surface area contributed by atoms with E-state index in [0.717, 1.165) is 11.1 Å². The minimum atomic E-state index is -4.01. The van der Waals surface area contributed by atoms with E-state index in [4.69, 9.17) is 0 Å². The van der Waals surface area contributed by atoms with E-state index in [2.05, 4.69) is 0 Å². The predicted molar refractivity (Wildman–Crippen MR) is 94.7 cm³/mol. The zero-order valence-electron chi connectivity index (χ0n) is 13.7. The average Bonchev–Trinajstić information content (AvgIpc) is 2.62. The Labute approximate surface area is 146 Å². The molecule has 3 rings (SSSR count). The summed E-state index contributed by atoms with van der Waals surface area (Å²) in [6, 6.07) is 12.7. The second-order valence-electron chi connectivity index (χ2n) is 5.76. The minimum Gasteiger partial charge on any atom is -0.258 e. The lowest BCUT2D eigenvalue weighted by atomic mass is 9.94. The fraction of sp³-hybridized carbons (Fsp3) is 0.222. The molecule has 1 aliphatic rings. The third kappa shape index (κ3) is 3.08. The second-order valence-corrected chi connectivity index (χ2v) is 7.62. The molecule has 0 spiro atoms. The molecule has 0 aliphatic carbocycles. The lowest BCUT2D eigenvalue weighted by molar-refractivity contribution is -0.387. The summed E-state index contributed by atoms with van der Waals surface area (Å²) in [5.74, 6) is 0. The normalized spacial score (nSPS) is 18.2. The van der Waals surface area contributed by atoms with Crippen molar-refractivity contribution in [3.63, 3.8) is 0 Å². The smallest absolute Gasteiger partial charge is 0.258 e. The molecule has 130 valence electrons. The molecule has 0 bridgehead atoms. The molecule has 0 aromatic heterocycles. The van der Waals surface area contributed by atoms with Crippen LogP contribution in [0.3, 0.4) is 0 Å². The number of para-hydroxylation sites is 1. The first-order valence-corrected chi connectivity index (χ1v) is 9.36. The molecule has 25 heavy (non-hydrogen) atoms. The molecular formula is C18H18N2O4S. The first-order chi connectivity index (χ1) is 12.0. The van der Waals surface area contributed by atoms with Crippen molar-refractivity contribution in [1.29, 1.82) is 0 Å². The molecule has 2 aromatic rings. The van der Waals surface area contributed by atoms with Gasteiger partial charge in [0.25, 0.3) is 15.7 Å². The van der Waals surface area contributed by atoms with Crippen molar-refractivity contribution in [2.24, 2.45) is 0 Å². The van der Waals surface area contributed by atoms with E-state index in [1.165, 1.54) is 28.6 Å². The highest BCUT2D eigenvalue weighted by Crippen LogP contribution is 2.37. The standard InChI is InChI=1S/C18H18N2O4S/c1-2-7-16-15-9-4-3-8-14(15)12-13-19(16)25(23,24)18-11-6-5-10-17(18)20(21)22/h2-11,16H,12-13H2,1H3/b7-2+/t16-/m0/s1. The van der Waals surface area contributed by atoms with Gasteiger partial charge in [0.1, 0.15) is 0 Å². The summed E-state index contributed by atoms with van der Waals surface area (Å²) >= 11 is 0. The van der Waals surface area contributed by atoms with Gasteiger partial charge in [-0.05, 0) is 30.5 Å². The van der Waals surface area contributed by atoms with Crippen LogP contribution in [0.25, 0.3) is 0 Å². The first kappa shape index (κ1) is 17.3. The van der Waals surface area contributed by atoms with Gasteiger partial charge in [0, 0.05) is 12.6 Å². The summed E-state index contributed by atoms with van der Waals surface area (Å²) in [5, 5.41) is 11.3. The van der Waals surface area contributed by atoms with Crippen LogP contribution in [-0.2, 0) is 16.4 Å². The van der Waals surface area contributed by atoms with Gasteiger partial charge >= 0.3 is 0 Å². The van der Waals surface area contributed by atoms with Crippen LogP contribution in [0, 0.1) is 10.1 Å². The van der Waals surface area contributed by atoms with Crippen molar-refractivity contribution in [2.45, 2.75) is 24.3 Å². The molecule has 0 amide bonds. The van der Waals surface area contributed by atoms with Gasteiger partial charge in [-0.1, -0.05) is 48.6 Å². The van der Waals surface area contributed by atoms with Crippen LogP contribution in [0.2, 0.25) is 0 Å². The van der Waals surface area contributed by atoms with Gasteiger partial charge in [-0.2, -0.15) is 4.31 Å². The van der Waals surface area contributed by atoms with Crippen LogP contribution in [0.5, 0.6) is 0 Å². The van der Waals surface area contributed by atoms with Crippen molar-refractivity contribution in [2.75, 3.05) is 6.54 Å². The molecular weight excluding hydrogens is 340 g/mol. The molecule has 0 saturated carbocycles. The van der Waals surface area contributed by atoms with Crippen LogP contribution in [0.4, 0.5) is 5.69 Å². The van der Waals surface area contributed by atoms with Gasteiger partial charge in [0.15, 0.2) is 4.90 Å². The number of benzene rings is 2. The summed E-state index contributed by atoms with van der Waals surface area (Å²) in [5.41, 5.74) is 1.61. The summed E-state index contributed by atoms with van der Waals surface area (Å²) < 4.78 is 27.7. The number of nitro benzene ring substituents is 1. The minimum absolute atomic E-state index is 0.270. The van der Waals surface area contributed by atoms with E-state index in [9.17, 15) is 18.5 Å². The quantitative estimate of drug-likeness (QED) is 0.476. The first-order valence-electron chi connectivity index (χ1n) is 7.92. The molecule has 0 unspecified atom stereocenters. The summed E-state index contributed by atoms with van der Waals surface area (Å²) in [6.07, 6.45) is 4.18. The number of rotatable bonds is 4. The van der Waals surface area contributed by atoms with Crippen LogP contribution in [-0.4, -0.2) is 24.2 Å². The molecule has 0 N–H and O–H groups in total. The zero-order valence-corrected chi connectivity index (χ0v) is 14.5. The number of sulfonamides is 1. The number of hydrogen-bond acceptors (Lipinski definition) is 4. The number of fused-ring (bicyclic) bond motifs is 1. The Bertz CT molecular complexity index is 938. The summed E-state index contributed by atoms with van der Waals surface area (Å²) in [7, 11) is -4.01. The van der Waals surface area contributed by atoms with Crippen LogP contribution in [0.1, 0.15) is 24.1 Å². The highest BCUT2D eigenvalue weighted by atomic mass is 32.2. The van der Waals surface area contributed by atoms with E-state index in [1.54, 1.807) is 6.08 Å². The third-order valence-electron chi connectivity index (χ3n) is 4.31. The summed E-state index contributed by atoms with van der Waals surface area (Å²) in [6.45, 7) is 2.10. The Morgan fingerprint density at radius 2 is 1.84 bits per heavy atom. The van der Waals surface area contributed by atoms with Crippen molar-refractivity contribution in [3.05, 3.63) is 81.9 Å². The summed E-state index contributed by atoms with van der Waals surface area (Å²) in [4.78, 5) is 10.3. The van der Waals surface area contributed by atoms with Crippen molar-refractivity contribution >= 4 is 15.7 Å². The molecule has 2 aromatic carbocycles. The van der Waals surface area contributed by atoms with E-state index in [0.29, 0.717) is 6.42 Å². The van der Waals surface area contributed by atoms with E-state index < -0.39 is 26.7 Å². The van der Waals surface area contributed by atoms with E-state index in [-0.39, 0.29) is 11.4 Å². The maximum atomic E-state index is 13.2. The highest BCUT2D eigenvalue weighted by molar-refractivity contribution is 7.89. The van der Waals surface area contributed by atoms with Crippen LogP contribution in [0.15, 0.2) is 65.6 Å². The monoisotopic (exact) mass is 358 g/mol. The topological polar surface area (TPSA) is 80.5 Å².